The van der Waals surface area contributed by atoms with Gasteiger partial charge in [0.2, 0.25) is 12.0 Å². The van der Waals surface area contributed by atoms with Crippen molar-refractivity contribution in [3.63, 3.8) is 0 Å². The maximum absolute atomic E-state index is 12.5. The lowest BCUT2D eigenvalue weighted by Gasteiger charge is -2.39. The van der Waals surface area contributed by atoms with Gasteiger partial charge in [-0.1, -0.05) is 0 Å². The average Bonchev–Trinajstić information content (AvgIpc) is 2.76. The van der Waals surface area contributed by atoms with E-state index >= 15 is 0 Å². The maximum atomic E-state index is 12.5. The van der Waals surface area contributed by atoms with Crippen LogP contribution in [0.5, 0.6) is 34.5 Å². The number of aromatic hydroxyl groups is 4. The number of hydrogen-bond acceptors (Lipinski definition) is 12. The molecule has 0 aromatic heterocycles. The second kappa shape index (κ2) is 8.57. The maximum Gasteiger partial charge on any atom is 0.229 e. The Kier molecular flexibility index (Phi) is 5.95. The van der Waals surface area contributed by atoms with Crippen molar-refractivity contribution in [2.45, 2.75) is 43.2 Å². The lowest BCUT2D eigenvalue weighted by atomic mass is 9.95. The quantitative estimate of drug-likeness (QED) is 0.266. The molecule has 4 rings (SSSR count). The number of rotatable bonds is 4. The molecule has 2 heterocycles. The summed E-state index contributed by atoms with van der Waals surface area (Å²) in [6, 6.07) is 4.45. The third kappa shape index (κ3) is 4.10. The Morgan fingerprint density at radius 3 is 2.36 bits per heavy atom. The summed E-state index contributed by atoms with van der Waals surface area (Å²) < 4.78 is 16.4. The summed E-state index contributed by atoms with van der Waals surface area (Å²) in [5.41, 5.74) is 0.0524. The van der Waals surface area contributed by atoms with Gasteiger partial charge in [0.15, 0.2) is 17.3 Å². The van der Waals surface area contributed by atoms with Crippen LogP contribution < -0.4 is 9.47 Å². The first-order valence-electron chi connectivity index (χ1n) is 9.89. The number of phenols is 4. The van der Waals surface area contributed by atoms with E-state index in [2.05, 4.69) is 0 Å². The van der Waals surface area contributed by atoms with Gasteiger partial charge in [0, 0.05) is 17.7 Å². The smallest absolute Gasteiger partial charge is 0.229 e. The van der Waals surface area contributed by atoms with E-state index in [0.717, 1.165) is 18.2 Å². The van der Waals surface area contributed by atoms with E-state index < -0.39 is 72.2 Å². The molecule has 2 aromatic rings. The first kappa shape index (κ1) is 22.9. The van der Waals surface area contributed by atoms with Gasteiger partial charge in [-0.25, -0.2) is 0 Å². The topological polar surface area (TPSA) is 207 Å². The fourth-order valence-electron chi connectivity index (χ4n) is 3.79. The lowest BCUT2D eigenvalue weighted by Crippen LogP contribution is -2.60. The summed E-state index contributed by atoms with van der Waals surface area (Å²) in [5, 5.41) is 79.2. The van der Waals surface area contributed by atoms with Crippen LogP contribution in [-0.2, 0) is 4.74 Å². The molecule has 8 N–H and O–H groups in total. The molecular formula is C21H22O12. The number of phenolic OH excluding ortho intramolecular Hbond substituents is 4. The molecule has 0 spiro atoms. The van der Waals surface area contributed by atoms with E-state index in [-0.39, 0.29) is 29.0 Å². The van der Waals surface area contributed by atoms with Gasteiger partial charge in [-0.2, -0.15) is 0 Å². The number of aliphatic hydroxyl groups is 4. The van der Waals surface area contributed by atoms with E-state index in [4.69, 9.17) is 14.2 Å². The van der Waals surface area contributed by atoms with Crippen molar-refractivity contribution in [1.82, 2.24) is 0 Å². The van der Waals surface area contributed by atoms with E-state index in [1.54, 1.807) is 0 Å². The van der Waals surface area contributed by atoms with E-state index in [1.165, 1.54) is 6.07 Å². The lowest BCUT2D eigenvalue weighted by molar-refractivity contribution is -0.277. The van der Waals surface area contributed by atoms with Crippen molar-refractivity contribution in [1.29, 1.82) is 0 Å². The van der Waals surface area contributed by atoms with Crippen LogP contribution in [0, 0.1) is 0 Å². The average molecular weight is 466 g/mol. The molecule has 0 bridgehead atoms. The van der Waals surface area contributed by atoms with Gasteiger partial charge < -0.3 is 55.1 Å². The van der Waals surface area contributed by atoms with Gasteiger partial charge in [0.1, 0.15) is 53.3 Å². The SMILES string of the molecule is O=C1C[C@H](c2cc(O)c(O)c(O[C@H]3O[C@@H](CO)[C@H](O)[C@@H](O)[C@@H]3O)c2)Oc2cc(O)cc(O)c21. The van der Waals surface area contributed by atoms with Crippen molar-refractivity contribution in [3.8, 4) is 34.5 Å². The highest BCUT2D eigenvalue weighted by Gasteiger charge is 2.45. The molecule has 12 nitrogen and oxygen atoms in total. The molecule has 2 aromatic carbocycles. The third-order valence-electron chi connectivity index (χ3n) is 5.53. The number of carbonyl (C=O) groups is 1. The van der Waals surface area contributed by atoms with Crippen molar-refractivity contribution < 1.29 is 59.9 Å². The zero-order valence-corrected chi connectivity index (χ0v) is 16.9. The standard InChI is InChI=1S/C21H22O12/c22-6-15-18(28)19(29)20(30)21(33-15)32-14-2-7(1-11(26)17(14)27)12-5-10(25)16-9(24)3-8(23)4-13(16)31-12/h1-4,12,15,18-24,26-30H,5-6H2/t12-,15+,18+,19-,20+,21+/m1/s1. The summed E-state index contributed by atoms with van der Waals surface area (Å²) in [6.45, 7) is -0.695. The molecule has 0 aliphatic carbocycles. The number of carbonyl (C=O) groups excluding carboxylic acids is 1. The summed E-state index contributed by atoms with van der Waals surface area (Å²) >= 11 is 0. The molecule has 2 aliphatic heterocycles. The molecule has 1 fully saturated rings. The Bertz CT molecular complexity index is 1070. The Labute approximate surface area is 186 Å². The summed E-state index contributed by atoms with van der Waals surface area (Å²) in [5.74, 6) is -3.18. The van der Waals surface area contributed by atoms with Crippen LogP contribution in [0.25, 0.3) is 0 Å². The highest BCUT2D eigenvalue weighted by atomic mass is 16.7. The van der Waals surface area contributed by atoms with Crippen LogP contribution in [0.3, 0.4) is 0 Å². The van der Waals surface area contributed by atoms with Crippen LogP contribution in [0.2, 0.25) is 0 Å². The predicted octanol–water partition coefficient (Wildman–Crippen LogP) is -0.606. The van der Waals surface area contributed by atoms with Gasteiger partial charge in [0.05, 0.1) is 13.0 Å². The van der Waals surface area contributed by atoms with Gasteiger partial charge in [-0.3, -0.25) is 4.79 Å². The number of fused-ring (bicyclic) bond motifs is 1. The first-order chi connectivity index (χ1) is 15.6. The summed E-state index contributed by atoms with van der Waals surface area (Å²) in [4.78, 5) is 12.5. The number of benzene rings is 2. The summed E-state index contributed by atoms with van der Waals surface area (Å²) in [6.07, 6.45) is -9.26. The van der Waals surface area contributed by atoms with Crippen LogP contribution in [0.4, 0.5) is 0 Å². The number of ether oxygens (including phenoxy) is 3. The van der Waals surface area contributed by atoms with E-state index in [1.807, 2.05) is 0 Å². The Morgan fingerprint density at radius 1 is 0.939 bits per heavy atom. The van der Waals surface area contributed by atoms with Gasteiger partial charge >= 0.3 is 0 Å². The molecule has 178 valence electrons. The second-order valence-electron chi connectivity index (χ2n) is 7.77. The zero-order valence-electron chi connectivity index (χ0n) is 16.9. The van der Waals surface area contributed by atoms with Crippen molar-refractivity contribution >= 4 is 5.78 Å². The number of hydrogen-bond donors (Lipinski definition) is 8. The van der Waals surface area contributed by atoms with Crippen molar-refractivity contribution in [3.05, 3.63) is 35.4 Å². The fourth-order valence-corrected chi connectivity index (χ4v) is 3.79. The minimum Gasteiger partial charge on any atom is -0.508 e. The van der Waals surface area contributed by atoms with Gasteiger partial charge in [0.25, 0.3) is 0 Å². The Hall–Kier alpha value is -3.29. The molecular weight excluding hydrogens is 444 g/mol. The highest BCUT2D eigenvalue weighted by Crippen LogP contribution is 2.45. The molecule has 12 heteroatoms. The van der Waals surface area contributed by atoms with E-state index in [0.29, 0.717) is 0 Å². The largest absolute Gasteiger partial charge is 0.508 e. The molecule has 0 saturated carbocycles. The predicted molar refractivity (Wildman–Crippen MR) is 106 cm³/mol. The molecule has 33 heavy (non-hydrogen) atoms. The Morgan fingerprint density at radius 2 is 1.67 bits per heavy atom. The van der Waals surface area contributed by atoms with Crippen LogP contribution in [-0.4, -0.2) is 83.9 Å². The van der Waals surface area contributed by atoms with Crippen LogP contribution in [0.1, 0.15) is 28.4 Å². The minimum absolute atomic E-state index is 0.0854. The van der Waals surface area contributed by atoms with Crippen molar-refractivity contribution in [2.75, 3.05) is 6.61 Å². The molecule has 0 amide bonds. The van der Waals surface area contributed by atoms with Crippen LogP contribution in [0.15, 0.2) is 24.3 Å². The monoisotopic (exact) mass is 466 g/mol. The second-order valence-corrected chi connectivity index (χ2v) is 7.77. The zero-order chi connectivity index (χ0) is 24.0. The number of ketones is 1. The van der Waals surface area contributed by atoms with Crippen LogP contribution >= 0.6 is 0 Å². The first-order valence-corrected chi connectivity index (χ1v) is 9.89. The molecule has 0 radical (unpaired) electrons. The minimum atomic E-state index is -1.77. The Balaban J connectivity index is 1.64. The van der Waals surface area contributed by atoms with E-state index in [9.17, 15) is 45.6 Å². The molecule has 0 unspecified atom stereocenters. The van der Waals surface area contributed by atoms with Crippen molar-refractivity contribution in [2.24, 2.45) is 0 Å². The normalized spacial score (nSPS) is 29.3. The highest BCUT2D eigenvalue weighted by molar-refractivity contribution is 6.02. The molecule has 6 atom stereocenters. The van der Waals surface area contributed by atoms with Gasteiger partial charge in [-0.05, 0) is 12.1 Å². The van der Waals surface area contributed by atoms with Gasteiger partial charge in [-0.15, -0.1) is 0 Å². The third-order valence-corrected chi connectivity index (χ3v) is 5.53. The number of aliphatic hydroxyl groups excluding tert-OH is 4. The molecule has 2 aliphatic rings. The molecule has 1 saturated heterocycles. The number of Topliss-reactive ketones (excluding diaryl/α,β-unsaturated/α-hetero) is 1. The summed E-state index contributed by atoms with van der Waals surface area (Å²) in [7, 11) is 0. The fraction of sp³-hybridized carbons (Fsp3) is 0.381.